The molecule has 5 nitrogen and oxygen atoms in total. The molecule has 1 aromatic heterocycles. The number of hydrogen-bond donors (Lipinski definition) is 2. The fourth-order valence-electron chi connectivity index (χ4n) is 1.00. The van der Waals surface area contributed by atoms with Crippen molar-refractivity contribution in [1.29, 1.82) is 5.41 Å². The summed E-state index contributed by atoms with van der Waals surface area (Å²) in [6.07, 6.45) is 0. The second-order valence-electron chi connectivity index (χ2n) is 2.34. The highest BCUT2D eigenvalue weighted by Gasteiger charge is 1.98. The molecule has 0 bridgehead atoms. The lowest BCUT2D eigenvalue weighted by atomic mass is 10.2. The number of fused-ring (bicyclic) bond motifs is 1. The molecule has 0 saturated heterocycles. The van der Waals surface area contributed by atoms with Crippen molar-refractivity contribution in [1.82, 2.24) is 15.2 Å². The van der Waals surface area contributed by atoms with Gasteiger partial charge in [0.25, 0.3) is 0 Å². The van der Waals surface area contributed by atoms with Crippen LogP contribution in [0.1, 0.15) is 0 Å². The van der Waals surface area contributed by atoms with Gasteiger partial charge in [0.15, 0.2) is 5.49 Å². The Kier molecular flexibility index (Phi) is 1.30. The van der Waals surface area contributed by atoms with Crippen LogP contribution in [-0.4, -0.2) is 20.4 Å². The van der Waals surface area contributed by atoms with Gasteiger partial charge in [-0.2, -0.15) is 0 Å². The van der Waals surface area contributed by atoms with Crippen LogP contribution in [0.5, 0.6) is 0 Å². The van der Waals surface area contributed by atoms with Crippen molar-refractivity contribution in [3.8, 4) is 0 Å². The number of nitrogens with zero attached hydrogens (tertiary/aromatic N) is 3. The van der Waals surface area contributed by atoms with Gasteiger partial charge in [0, 0.05) is 5.39 Å². The zero-order valence-electron chi connectivity index (χ0n) is 6.10. The van der Waals surface area contributed by atoms with Crippen molar-refractivity contribution in [3.05, 3.63) is 29.8 Å². The Balaban J connectivity index is 3.01. The van der Waals surface area contributed by atoms with E-state index in [0.29, 0.717) is 15.7 Å². The lowest BCUT2D eigenvalue weighted by Gasteiger charge is -1.96. The van der Waals surface area contributed by atoms with Gasteiger partial charge in [-0.25, -0.2) is 0 Å². The van der Waals surface area contributed by atoms with Gasteiger partial charge in [0.1, 0.15) is 0 Å². The van der Waals surface area contributed by atoms with Crippen LogP contribution in [0.2, 0.25) is 0 Å². The van der Waals surface area contributed by atoms with E-state index in [-0.39, 0.29) is 5.49 Å². The van der Waals surface area contributed by atoms with E-state index in [1.54, 1.807) is 24.3 Å². The highest BCUT2D eigenvalue weighted by atomic mass is 16.5. The number of rotatable bonds is 0. The molecule has 60 valence electrons. The standard InChI is InChI=1S/C7H6N4O/c8-7-5-3-1-2-4-6(5)9-10-11(7)12/h1-4,8,12H. The van der Waals surface area contributed by atoms with Crippen LogP contribution >= 0.6 is 0 Å². The van der Waals surface area contributed by atoms with Crippen LogP contribution in [0.25, 0.3) is 10.9 Å². The molecule has 1 heterocycles. The first-order chi connectivity index (χ1) is 5.79. The molecule has 1 aromatic carbocycles. The summed E-state index contributed by atoms with van der Waals surface area (Å²) in [7, 11) is 0. The normalized spacial score (nSPS) is 10.3. The van der Waals surface area contributed by atoms with Crippen LogP contribution in [0.15, 0.2) is 24.3 Å². The maximum absolute atomic E-state index is 8.97. The summed E-state index contributed by atoms with van der Waals surface area (Å²) < 4.78 is 0. The topological polar surface area (TPSA) is 74.8 Å². The van der Waals surface area contributed by atoms with Gasteiger partial charge >= 0.3 is 0 Å². The third-order valence-electron chi connectivity index (χ3n) is 1.60. The summed E-state index contributed by atoms with van der Waals surface area (Å²) in [5.41, 5.74) is 0.549. The largest absolute Gasteiger partial charge is 0.409 e. The molecule has 2 aromatic rings. The SMILES string of the molecule is N=c1c2ccccc2nnn1O. The van der Waals surface area contributed by atoms with Gasteiger partial charge in [-0.05, 0) is 17.3 Å². The van der Waals surface area contributed by atoms with E-state index in [2.05, 4.69) is 10.3 Å². The summed E-state index contributed by atoms with van der Waals surface area (Å²) in [4.78, 5) is 0.447. The number of aromatic nitrogens is 3. The molecule has 0 amide bonds. The van der Waals surface area contributed by atoms with Crippen LogP contribution in [-0.2, 0) is 0 Å². The summed E-state index contributed by atoms with van der Waals surface area (Å²) in [5.74, 6) is 0. The number of hydrogen-bond acceptors (Lipinski definition) is 4. The molecule has 2 N–H and O–H groups in total. The maximum Gasteiger partial charge on any atom is 0.193 e. The van der Waals surface area contributed by atoms with Gasteiger partial charge in [-0.1, -0.05) is 17.0 Å². The summed E-state index contributed by atoms with van der Waals surface area (Å²) >= 11 is 0. The predicted molar refractivity (Wildman–Crippen MR) is 40.6 cm³/mol. The van der Waals surface area contributed by atoms with Crippen LogP contribution in [0, 0.1) is 5.41 Å². The van der Waals surface area contributed by atoms with E-state index in [9.17, 15) is 0 Å². The van der Waals surface area contributed by atoms with E-state index >= 15 is 0 Å². The Labute approximate surface area is 67.4 Å². The quantitative estimate of drug-likeness (QED) is 0.541. The molecule has 0 atom stereocenters. The first-order valence-corrected chi connectivity index (χ1v) is 3.37. The monoisotopic (exact) mass is 162 g/mol. The summed E-state index contributed by atoms with van der Waals surface area (Å²) in [6.45, 7) is 0. The second-order valence-corrected chi connectivity index (χ2v) is 2.34. The van der Waals surface area contributed by atoms with E-state index in [1.807, 2.05) is 0 Å². The maximum atomic E-state index is 8.97. The molecular weight excluding hydrogens is 156 g/mol. The minimum Gasteiger partial charge on any atom is -0.409 e. The molecule has 0 fully saturated rings. The first kappa shape index (κ1) is 6.78. The molecule has 0 aliphatic heterocycles. The molecule has 0 unspecified atom stereocenters. The minimum absolute atomic E-state index is 0.0550. The van der Waals surface area contributed by atoms with Crippen molar-refractivity contribution >= 4 is 10.9 Å². The average Bonchev–Trinajstić information content (AvgIpc) is 2.12. The second kappa shape index (κ2) is 2.30. The van der Waals surface area contributed by atoms with Gasteiger partial charge in [-0.15, -0.1) is 5.10 Å². The van der Waals surface area contributed by atoms with Crippen LogP contribution < -0.4 is 5.49 Å². The highest BCUT2D eigenvalue weighted by molar-refractivity contribution is 5.75. The van der Waals surface area contributed by atoms with E-state index in [4.69, 9.17) is 10.6 Å². The van der Waals surface area contributed by atoms with Gasteiger partial charge in [0.2, 0.25) is 0 Å². The lowest BCUT2D eigenvalue weighted by Crippen LogP contribution is -2.21. The van der Waals surface area contributed by atoms with Crippen molar-refractivity contribution in [2.24, 2.45) is 0 Å². The van der Waals surface area contributed by atoms with Crippen molar-refractivity contribution < 1.29 is 5.21 Å². The third kappa shape index (κ3) is 0.833. The Hall–Kier alpha value is -1.91. The Morgan fingerprint density at radius 3 is 2.92 bits per heavy atom. The minimum atomic E-state index is -0.0550. The summed E-state index contributed by atoms with van der Waals surface area (Å²) in [5, 5.41) is 24.0. The fraction of sp³-hybridized carbons (Fsp3) is 0. The third-order valence-corrected chi connectivity index (χ3v) is 1.60. The smallest absolute Gasteiger partial charge is 0.193 e. The van der Waals surface area contributed by atoms with Gasteiger partial charge in [0.05, 0.1) is 5.52 Å². The van der Waals surface area contributed by atoms with Crippen LogP contribution in [0.3, 0.4) is 0 Å². The predicted octanol–water partition coefficient (Wildman–Crippen LogP) is 0.148. The van der Waals surface area contributed by atoms with E-state index < -0.39 is 0 Å². The molecule has 2 rings (SSSR count). The van der Waals surface area contributed by atoms with Crippen molar-refractivity contribution in [2.75, 3.05) is 0 Å². The van der Waals surface area contributed by atoms with Crippen LogP contribution in [0.4, 0.5) is 0 Å². The Morgan fingerprint density at radius 2 is 2.08 bits per heavy atom. The molecular formula is C7H6N4O. The Bertz CT molecular complexity index is 476. The van der Waals surface area contributed by atoms with E-state index in [1.165, 1.54) is 0 Å². The molecule has 5 heteroatoms. The van der Waals surface area contributed by atoms with Crippen molar-refractivity contribution in [2.45, 2.75) is 0 Å². The fourth-order valence-corrected chi connectivity index (χ4v) is 1.00. The van der Waals surface area contributed by atoms with E-state index in [0.717, 1.165) is 0 Å². The zero-order valence-corrected chi connectivity index (χ0v) is 6.10. The molecule has 12 heavy (non-hydrogen) atoms. The average molecular weight is 162 g/mol. The van der Waals surface area contributed by atoms with Gasteiger partial charge < -0.3 is 5.21 Å². The zero-order chi connectivity index (χ0) is 8.55. The van der Waals surface area contributed by atoms with Gasteiger partial charge in [-0.3, -0.25) is 5.41 Å². The molecule has 0 spiro atoms. The number of nitrogens with one attached hydrogen (secondary N) is 1. The highest BCUT2D eigenvalue weighted by Crippen LogP contribution is 2.02. The van der Waals surface area contributed by atoms with Crippen molar-refractivity contribution in [3.63, 3.8) is 0 Å². The first-order valence-electron chi connectivity index (χ1n) is 3.37. The number of benzene rings is 1. The molecule has 0 radical (unpaired) electrons. The molecule has 0 saturated carbocycles. The lowest BCUT2D eigenvalue weighted by molar-refractivity contribution is 0.123. The molecule has 0 aliphatic carbocycles. The summed E-state index contributed by atoms with van der Waals surface area (Å²) in [6, 6.07) is 7.03. The Morgan fingerprint density at radius 1 is 1.33 bits per heavy atom. The molecule has 0 aliphatic rings.